The minimum absolute atomic E-state index is 0.132. The number of hydrogen-bond acceptors (Lipinski definition) is 5. The number of rotatable bonds is 4. The summed E-state index contributed by atoms with van der Waals surface area (Å²) in [4.78, 5) is 12.9. The van der Waals surface area contributed by atoms with E-state index in [1.807, 2.05) is 17.5 Å². The number of carbonyl (C=O) groups is 1. The van der Waals surface area contributed by atoms with E-state index < -0.39 is 0 Å². The second-order valence-electron chi connectivity index (χ2n) is 4.40. The highest BCUT2D eigenvalue weighted by Crippen LogP contribution is 2.25. The summed E-state index contributed by atoms with van der Waals surface area (Å²) < 4.78 is 10.6. The molecule has 3 rings (SSSR count). The van der Waals surface area contributed by atoms with E-state index in [1.54, 1.807) is 17.4 Å². The number of ether oxygens (including phenoxy) is 1. The van der Waals surface area contributed by atoms with Crippen LogP contribution in [-0.4, -0.2) is 30.3 Å². The lowest BCUT2D eigenvalue weighted by Gasteiger charge is -2.09. The fourth-order valence-electron chi connectivity index (χ4n) is 2.02. The first-order valence-corrected chi connectivity index (χ1v) is 7.11. The van der Waals surface area contributed by atoms with Gasteiger partial charge < -0.3 is 14.6 Å². The zero-order valence-electron chi connectivity index (χ0n) is 10.3. The number of nitrogens with zero attached hydrogens (tertiary/aromatic N) is 1. The molecule has 2 aromatic heterocycles. The van der Waals surface area contributed by atoms with Gasteiger partial charge in [-0.1, -0.05) is 11.2 Å². The highest BCUT2D eigenvalue weighted by atomic mass is 32.1. The summed E-state index contributed by atoms with van der Waals surface area (Å²) >= 11 is 1.55. The fraction of sp³-hybridized carbons (Fsp3) is 0.385. The van der Waals surface area contributed by atoms with E-state index in [0.717, 1.165) is 24.3 Å². The summed E-state index contributed by atoms with van der Waals surface area (Å²) in [6.45, 7) is 1.31. The van der Waals surface area contributed by atoms with Crippen molar-refractivity contribution in [2.24, 2.45) is 0 Å². The molecule has 100 valence electrons. The lowest BCUT2D eigenvalue weighted by atomic mass is 10.2. The standard InChI is InChI=1S/C13H14N2O3S/c16-13(14-8-9-3-1-5-17-9)10-7-11(18-15-10)12-4-2-6-19-12/h2,4,6-7,9H,1,3,5,8H2,(H,14,16)/t9-/m1/s1. The Morgan fingerprint density at radius 2 is 2.53 bits per heavy atom. The summed E-state index contributed by atoms with van der Waals surface area (Å²) in [7, 11) is 0. The molecule has 1 atom stereocenters. The molecule has 6 heteroatoms. The van der Waals surface area contributed by atoms with Crippen molar-refractivity contribution >= 4 is 17.2 Å². The molecule has 0 radical (unpaired) electrons. The minimum Gasteiger partial charge on any atom is -0.376 e. The van der Waals surface area contributed by atoms with Gasteiger partial charge in [0.25, 0.3) is 5.91 Å². The van der Waals surface area contributed by atoms with Crippen molar-refractivity contribution in [3.8, 4) is 10.6 Å². The van der Waals surface area contributed by atoms with Gasteiger partial charge in [0.2, 0.25) is 0 Å². The van der Waals surface area contributed by atoms with Crippen molar-refractivity contribution in [1.29, 1.82) is 0 Å². The Kier molecular flexibility index (Phi) is 3.61. The molecule has 0 aliphatic carbocycles. The summed E-state index contributed by atoms with van der Waals surface area (Å²) in [5, 5.41) is 8.57. The molecule has 0 bridgehead atoms. The van der Waals surface area contributed by atoms with E-state index in [-0.39, 0.29) is 12.0 Å². The number of carbonyl (C=O) groups excluding carboxylic acids is 1. The Morgan fingerprint density at radius 3 is 3.26 bits per heavy atom. The largest absolute Gasteiger partial charge is 0.376 e. The van der Waals surface area contributed by atoms with Crippen LogP contribution in [-0.2, 0) is 4.74 Å². The van der Waals surface area contributed by atoms with E-state index in [0.29, 0.717) is 18.0 Å². The minimum atomic E-state index is -0.220. The Bertz CT molecular complexity index is 544. The van der Waals surface area contributed by atoms with Crippen LogP contribution >= 0.6 is 11.3 Å². The Hall–Kier alpha value is -1.66. The first-order chi connectivity index (χ1) is 9.33. The van der Waals surface area contributed by atoms with Crippen LogP contribution in [0.1, 0.15) is 23.3 Å². The second-order valence-corrected chi connectivity index (χ2v) is 5.35. The highest BCUT2D eigenvalue weighted by Gasteiger charge is 2.18. The van der Waals surface area contributed by atoms with Crippen LogP contribution in [0.25, 0.3) is 10.6 Å². The first-order valence-electron chi connectivity index (χ1n) is 6.23. The topological polar surface area (TPSA) is 64.4 Å². The molecule has 0 unspecified atom stereocenters. The van der Waals surface area contributed by atoms with Gasteiger partial charge in [0.1, 0.15) is 0 Å². The van der Waals surface area contributed by atoms with E-state index in [9.17, 15) is 4.79 Å². The summed E-state index contributed by atoms with van der Waals surface area (Å²) in [6.07, 6.45) is 2.19. The van der Waals surface area contributed by atoms with Crippen LogP contribution in [0.3, 0.4) is 0 Å². The molecule has 0 saturated carbocycles. The Morgan fingerprint density at radius 1 is 1.58 bits per heavy atom. The number of nitrogens with one attached hydrogen (secondary N) is 1. The summed E-state index contributed by atoms with van der Waals surface area (Å²) in [6, 6.07) is 5.52. The molecule has 5 nitrogen and oxygen atoms in total. The average molecular weight is 278 g/mol. The predicted octanol–water partition coefficient (Wildman–Crippen LogP) is 2.31. The molecule has 1 saturated heterocycles. The van der Waals surface area contributed by atoms with Crippen molar-refractivity contribution < 1.29 is 14.1 Å². The molecule has 0 aromatic carbocycles. The lowest BCUT2D eigenvalue weighted by Crippen LogP contribution is -2.31. The normalized spacial score (nSPS) is 18.6. The van der Waals surface area contributed by atoms with Gasteiger partial charge in [-0.2, -0.15) is 0 Å². The molecule has 1 fully saturated rings. The van der Waals surface area contributed by atoms with Crippen molar-refractivity contribution in [2.45, 2.75) is 18.9 Å². The molecular formula is C13H14N2O3S. The summed E-state index contributed by atoms with van der Waals surface area (Å²) in [5.41, 5.74) is 0.307. The SMILES string of the molecule is O=C(NC[C@H]1CCCO1)c1cc(-c2cccs2)on1. The number of amides is 1. The van der Waals surface area contributed by atoms with Gasteiger partial charge in [-0.05, 0) is 24.3 Å². The molecule has 2 aromatic rings. The number of aromatic nitrogens is 1. The molecule has 1 amide bonds. The van der Waals surface area contributed by atoms with Gasteiger partial charge in [0.15, 0.2) is 11.5 Å². The third-order valence-electron chi connectivity index (χ3n) is 3.02. The molecule has 19 heavy (non-hydrogen) atoms. The van der Waals surface area contributed by atoms with Crippen LogP contribution < -0.4 is 5.32 Å². The molecule has 3 heterocycles. The number of hydrogen-bond donors (Lipinski definition) is 1. The van der Waals surface area contributed by atoms with Crippen LogP contribution in [0.5, 0.6) is 0 Å². The maximum atomic E-state index is 11.9. The first kappa shape index (κ1) is 12.4. The monoisotopic (exact) mass is 278 g/mol. The third kappa shape index (κ3) is 2.85. The van der Waals surface area contributed by atoms with Crippen molar-refractivity contribution in [2.75, 3.05) is 13.2 Å². The number of thiophene rings is 1. The van der Waals surface area contributed by atoms with Crippen molar-refractivity contribution in [3.05, 3.63) is 29.3 Å². The Labute approximate surface area is 114 Å². The van der Waals surface area contributed by atoms with Gasteiger partial charge in [-0.15, -0.1) is 11.3 Å². The van der Waals surface area contributed by atoms with E-state index in [1.165, 1.54) is 0 Å². The zero-order chi connectivity index (χ0) is 13.1. The molecular weight excluding hydrogens is 264 g/mol. The van der Waals surface area contributed by atoms with E-state index >= 15 is 0 Å². The van der Waals surface area contributed by atoms with Crippen molar-refractivity contribution in [3.63, 3.8) is 0 Å². The van der Waals surface area contributed by atoms with Gasteiger partial charge >= 0.3 is 0 Å². The van der Waals surface area contributed by atoms with Crippen molar-refractivity contribution in [1.82, 2.24) is 10.5 Å². The van der Waals surface area contributed by atoms with Gasteiger partial charge in [0.05, 0.1) is 11.0 Å². The quantitative estimate of drug-likeness (QED) is 0.932. The molecule has 0 spiro atoms. The van der Waals surface area contributed by atoms with Gasteiger partial charge in [-0.3, -0.25) is 4.79 Å². The van der Waals surface area contributed by atoms with Gasteiger partial charge in [-0.25, -0.2) is 0 Å². The predicted molar refractivity (Wildman–Crippen MR) is 71.1 cm³/mol. The van der Waals surface area contributed by atoms with Crippen LogP contribution in [0.2, 0.25) is 0 Å². The van der Waals surface area contributed by atoms with E-state index in [2.05, 4.69) is 10.5 Å². The molecule has 1 N–H and O–H groups in total. The molecule has 1 aliphatic heterocycles. The van der Waals surface area contributed by atoms with Crippen LogP contribution in [0, 0.1) is 0 Å². The molecule has 1 aliphatic rings. The maximum Gasteiger partial charge on any atom is 0.273 e. The van der Waals surface area contributed by atoms with Crippen LogP contribution in [0.4, 0.5) is 0 Å². The Balaban J connectivity index is 1.60. The smallest absolute Gasteiger partial charge is 0.273 e. The van der Waals surface area contributed by atoms with E-state index in [4.69, 9.17) is 9.26 Å². The summed E-state index contributed by atoms with van der Waals surface area (Å²) in [5.74, 6) is 0.402. The van der Waals surface area contributed by atoms with Gasteiger partial charge in [0, 0.05) is 19.2 Å². The average Bonchev–Trinajstić information content (AvgIpc) is 3.14. The highest BCUT2D eigenvalue weighted by molar-refractivity contribution is 7.13. The maximum absolute atomic E-state index is 11.9. The third-order valence-corrected chi connectivity index (χ3v) is 3.91. The van der Waals surface area contributed by atoms with Crippen LogP contribution in [0.15, 0.2) is 28.1 Å². The lowest BCUT2D eigenvalue weighted by molar-refractivity contribution is 0.0850. The zero-order valence-corrected chi connectivity index (χ0v) is 11.1. The fourth-order valence-corrected chi connectivity index (χ4v) is 2.69. The second kappa shape index (κ2) is 5.54.